The molecular weight excluding hydrogens is 385 g/mol. The molecular formula is C21H26BN3O3S. The summed E-state index contributed by atoms with van der Waals surface area (Å²) >= 11 is 4.81. The second kappa shape index (κ2) is 8.53. The molecule has 2 aromatic carbocycles. The van der Waals surface area contributed by atoms with Crippen LogP contribution in [0.4, 0.5) is 0 Å². The maximum Gasteiger partial charge on any atom is 0.495 e. The fourth-order valence-electron chi connectivity index (χ4n) is 2.85. The Morgan fingerprint density at radius 3 is 2.41 bits per heavy atom. The number of hydrogen-bond acceptors (Lipinski definition) is 5. The normalized spacial score (nSPS) is 17.4. The van der Waals surface area contributed by atoms with Gasteiger partial charge in [-0.25, -0.2) is 0 Å². The molecule has 0 unspecified atom stereocenters. The van der Waals surface area contributed by atoms with Crippen LogP contribution in [0.5, 0.6) is 5.75 Å². The third-order valence-electron chi connectivity index (χ3n) is 5.19. The molecule has 0 aromatic heterocycles. The van der Waals surface area contributed by atoms with Gasteiger partial charge in [0.2, 0.25) is 0 Å². The van der Waals surface area contributed by atoms with Gasteiger partial charge in [0.1, 0.15) is 12.4 Å². The minimum absolute atomic E-state index is 0.0925. The van der Waals surface area contributed by atoms with E-state index in [-0.39, 0.29) is 5.11 Å². The summed E-state index contributed by atoms with van der Waals surface area (Å²) in [4.78, 5) is 0. The van der Waals surface area contributed by atoms with Crippen LogP contribution in [0, 0.1) is 0 Å². The molecule has 0 radical (unpaired) electrons. The summed E-state index contributed by atoms with van der Waals surface area (Å²) in [7, 11) is -0.519. The first-order chi connectivity index (χ1) is 13.7. The maximum atomic E-state index is 6.19. The maximum absolute atomic E-state index is 6.19. The van der Waals surface area contributed by atoms with Crippen LogP contribution < -0.4 is 21.4 Å². The van der Waals surface area contributed by atoms with Gasteiger partial charge in [-0.3, -0.25) is 5.43 Å². The quantitative estimate of drug-likeness (QED) is 0.330. The number of hydrazone groups is 1. The number of benzene rings is 2. The number of rotatable bonds is 6. The Bertz CT molecular complexity index is 887. The summed E-state index contributed by atoms with van der Waals surface area (Å²) < 4.78 is 18.3. The molecule has 1 saturated heterocycles. The van der Waals surface area contributed by atoms with E-state index < -0.39 is 18.3 Å². The first-order valence-corrected chi connectivity index (χ1v) is 9.83. The van der Waals surface area contributed by atoms with E-state index in [0.29, 0.717) is 12.4 Å². The highest BCUT2D eigenvalue weighted by atomic mass is 32.1. The Morgan fingerprint density at radius 2 is 1.79 bits per heavy atom. The number of nitrogens with one attached hydrogen (secondary N) is 1. The van der Waals surface area contributed by atoms with Crippen LogP contribution >= 0.6 is 12.2 Å². The zero-order chi connectivity index (χ0) is 21.1. The van der Waals surface area contributed by atoms with E-state index in [0.717, 1.165) is 16.6 Å². The minimum Gasteiger partial charge on any atom is -0.489 e. The summed E-state index contributed by atoms with van der Waals surface area (Å²) in [6, 6.07) is 15.7. The van der Waals surface area contributed by atoms with Gasteiger partial charge in [-0.05, 0) is 68.6 Å². The lowest BCUT2D eigenvalue weighted by atomic mass is 9.76. The lowest BCUT2D eigenvalue weighted by Crippen LogP contribution is -2.41. The largest absolute Gasteiger partial charge is 0.495 e. The average molecular weight is 411 g/mol. The summed E-state index contributed by atoms with van der Waals surface area (Å²) in [6.07, 6.45) is 1.63. The SMILES string of the molecule is CC1(C)OB(c2ccc(OCc3ccccc3)cc2C=NNC(N)=S)OC1(C)C. The second-order valence-electron chi connectivity index (χ2n) is 7.89. The van der Waals surface area contributed by atoms with E-state index in [4.69, 9.17) is 32.0 Å². The molecule has 152 valence electrons. The van der Waals surface area contributed by atoms with Gasteiger partial charge in [0.15, 0.2) is 5.11 Å². The summed E-state index contributed by atoms with van der Waals surface area (Å²) in [5, 5.41) is 4.19. The predicted octanol–water partition coefficient (Wildman–Crippen LogP) is 2.73. The van der Waals surface area contributed by atoms with Gasteiger partial charge < -0.3 is 19.8 Å². The number of hydrogen-bond donors (Lipinski definition) is 2. The molecule has 2 aromatic rings. The third kappa shape index (κ3) is 5.15. The molecule has 0 amide bonds. The molecule has 0 aliphatic carbocycles. The smallest absolute Gasteiger partial charge is 0.489 e. The number of nitrogens with zero attached hydrogens (tertiary/aromatic N) is 1. The van der Waals surface area contributed by atoms with Gasteiger partial charge in [-0.1, -0.05) is 36.4 Å². The lowest BCUT2D eigenvalue weighted by molar-refractivity contribution is 0.00578. The average Bonchev–Trinajstić information content (AvgIpc) is 2.88. The lowest BCUT2D eigenvalue weighted by Gasteiger charge is -2.32. The standard InChI is InChI=1S/C21H26BN3O3S/c1-20(2)21(3,4)28-22(27-20)18-11-10-17(12-16(18)13-24-25-19(23)29)26-14-15-8-6-5-7-9-15/h5-13H,14H2,1-4H3,(H3,23,25,29). The zero-order valence-corrected chi connectivity index (χ0v) is 18.0. The molecule has 3 N–H and O–H groups in total. The van der Waals surface area contributed by atoms with Crippen molar-refractivity contribution in [2.24, 2.45) is 10.8 Å². The third-order valence-corrected chi connectivity index (χ3v) is 5.28. The van der Waals surface area contributed by atoms with Gasteiger partial charge in [-0.15, -0.1) is 0 Å². The first-order valence-electron chi connectivity index (χ1n) is 9.43. The Morgan fingerprint density at radius 1 is 1.14 bits per heavy atom. The molecule has 6 nitrogen and oxygen atoms in total. The Kier molecular flexibility index (Phi) is 6.26. The Hall–Kier alpha value is -2.42. The first kappa shape index (κ1) is 21.3. The van der Waals surface area contributed by atoms with Crippen LogP contribution in [0.3, 0.4) is 0 Å². The van der Waals surface area contributed by atoms with Crippen molar-refractivity contribution in [3.63, 3.8) is 0 Å². The van der Waals surface area contributed by atoms with E-state index in [1.165, 1.54) is 0 Å². The second-order valence-corrected chi connectivity index (χ2v) is 8.33. The summed E-state index contributed by atoms with van der Waals surface area (Å²) in [5.74, 6) is 0.714. The molecule has 0 atom stereocenters. The van der Waals surface area contributed by atoms with Gasteiger partial charge in [0.25, 0.3) is 0 Å². The van der Waals surface area contributed by atoms with Crippen LogP contribution in [0.1, 0.15) is 38.8 Å². The zero-order valence-electron chi connectivity index (χ0n) is 17.1. The molecule has 8 heteroatoms. The molecule has 1 aliphatic rings. The highest BCUT2D eigenvalue weighted by molar-refractivity contribution is 7.80. The fourth-order valence-corrected chi connectivity index (χ4v) is 2.90. The van der Waals surface area contributed by atoms with E-state index in [1.54, 1.807) is 6.21 Å². The van der Waals surface area contributed by atoms with Crippen LogP contribution in [0.15, 0.2) is 53.6 Å². The molecule has 1 fully saturated rings. The van der Waals surface area contributed by atoms with Crippen molar-refractivity contribution in [2.75, 3.05) is 0 Å². The van der Waals surface area contributed by atoms with Crippen molar-refractivity contribution in [3.05, 3.63) is 59.7 Å². The van der Waals surface area contributed by atoms with Crippen LogP contribution in [0.25, 0.3) is 0 Å². The van der Waals surface area contributed by atoms with E-state index >= 15 is 0 Å². The molecule has 0 spiro atoms. The topological polar surface area (TPSA) is 78.1 Å². The summed E-state index contributed by atoms with van der Waals surface area (Å²) in [6.45, 7) is 8.55. The summed E-state index contributed by atoms with van der Waals surface area (Å²) in [5.41, 5.74) is 9.89. The fraction of sp³-hybridized carbons (Fsp3) is 0.333. The minimum atomic E-state index is -0.519. The van der Waals surface area contributed by atoms with Crippen molar-refractivity contribution in [3.8, 4) is 5.75 Å². The van der Waals surface area contributed by atoms with Gasteiger partial charge in [-0.2, -0.15) is 5.10 Å². The van der Waals surface area contributed by atoms with Crippen molar-refractivity contribution < 1.29 is 14.0 Å². The van der Waals surface area contributed by atoms with Crippen molar-refractivity contribution >= 4 is 36.1 Å². The Balaban J connectivity index is 1.85. The van der Waals surface area contributed by atoms with Crippen molar-refractivity contribution in [1.82, 2.24) is 5.43 Å². The van der Waals surface area contributed by atoms with Gasteiger partial charge in [0.05, 0.1) is 17.4 Å². The highest BCUT2D eigenvalue weighted by Crippen LogP contribution is 2.36. The van der Waals surface area contributed by atoms with Gasteiger partial charge >= 0.3 is 7.12 Å². The van der Waals surface area contributed by atoms with E-state index in [2.05, 4.69) is 10.5 Å². The van der Waals surface area contributed by atoms with Crippen LogP contribution in [-0.2, 0) is 15.9 Å². The number of thiocarbonyl (C=S) groups is 1. The predicted molar refractivity (Wildman–Crippen MR) is 120 cm³/mol. The van der Waals surface area contributed by atoms with Crippen LogP contribution in [0.2, 0.25) is 0 Å². The highest BCUT2D eigenvalue weighted by Gasteiger charge is 2.52. The molecule has 1 heterocycles. The Labute approximate surface area is 177 Å². The molecule has 29 heavy (non-hydrogen) atoms. The van der Waals surface area contributed by atoms with E-state index in [9.17, 15) is 0 Å². The number of nitrogens with two attached hydrogens (primary N) is 1. The van der Waals surface area contributed by atoms with Crippen molar-refractivity contribution in [2.45, 2.75) is 45.5 Å². The van der Waals surface area contributed by atoms with Gasteiger partial charge in [0, 0.05) is 0 Å². The monoisotopic (exact) mass is 411 g/mol. The van der Waals surface area contributed by atoms with Crippen molar-refractivity contribution in [1.29, 1.82) is 0 Å². The molecule has 1 aliphatic heterocycles. The number of ether oxygens (including phenoxy) is 1. The van der Waals surface area contributed by atoms with Crippen LogP contribution in [-0.4, -0.2) is 29.6 Å². The molecule has 0 saturated carbocycles. The molecule has 0 bridgehead atoms. The van der Waals surface area contributed by atoms with E-state index in [1.807, 2.05) is 76.2 Å². The molecule has 3 rings (SSSR count).